The van der Waals surface area contributed by atoms with Crippen LogP contribution in [0.5, 0.6) is 0 Å². The topological polar surface area (TPSA) is 68.0 Å². The molecular formula is C18H23N3OS. The van der Waals surface area contributed by atoms with Crippen LogP contribution in [0.25, 0.3) is 10.6 Å². The van der Waals surface area contributed by atoms with E-state index in [0.717, 1.165) is 29.1 Å². The quantitative estimate of drug-likeness (QED) is 0.856. The van der Waals surface area contributed by atoms with Crippen molar-refractivity contribution >= 4 is 17.2 Å². The first kappa shape index (κ1) is 16.1. The molecule has 1 amide bonds. The summed E-state index contributed by atoms with van der Waals surface area (Å²) in [6.07, 6.45) is 2.62. The fourth-order valence-electron chi connectivity index (χ4n) is 2.78. The van der Waals surface area contributed by atoms with Crippen molar-refractivity contribution in [1.82, 2.24) is 10.3 Å². The number of aryl methyl sites for hydroxylation is 1. The minimum Gasteiger partial charge on any atom is -0.349 e. The number of benzene rings is 1. The maximum atomic E-state index is 12.3. The van der Waals surface area contributed by atoms with Crippen LogP contribution < -0.4 is 11.1 Å². The number of hydrogen-bond acceptors (Lipinski definition) is 4. The largest absolute Gasteiger partial charge is 0.349 e. The maximum Gasteiger partial charge on any atom is 0.226 e. The standard InChI is InChI=1S/C18H23N3OS/c1-12-3-5-13(6-4-12)17-20-15(10-23-17)9-16(22)21-18(2,11-19)14-7-8-14/h3-6,10,14H,7-9,11,19H2,1-2H3,(H,21,22). The van der Waals surface area contributed by atoms with Gasteiger partial charge in [-0.1, -0.05) is 29.8 Å². The van der Waals surface area contributed by atoms with Crippen molar-refractivity contribution in [3.8, 4) is 10.6 Å². The van der Waals surface area contributed by atoms with E-state index in [-0.39, 0.29) is 11.4 Å². The predicted octanol–water partition coefficient (Wildman–Crippen LogP) is 2.90. The van der Waals surface area contributed by atoms with Crippen LogP contribution in [0.1, 0.15) is 31.0 Å². The first-order chi connectivity index (χ1) is 11.0. The SMILES string of the molecule is Cc1ccc(-c2nc(CC(=O)NC(C)(CN)C3CC3)cs2)cc1. The second kappa shape index (κ2) is 6.42. The van der Waals surface area contributed by atoms with Crippen molar-refractivity contribution in [1.29, 1.82) is 0 Å². The van der Waals surface area contributed by atoms with Gasteiger partial charge in [0.1, 0.15) is 5.01 Å². The highest BCUT2D eigenvalue weighted by molar-refractivity contribution is 7.13. The van der Waals surface area contributed by atoms with Crippen molar-refractivity contribution in [3.63, 3.8) is 0 Å². The predicted molar refractivity (Wildman–Crippen MR) is 94.3 cm³/mol. The number of nitrogens with zero attached hydrogens (tertiary/aromatic N) is 1. The fourth-order valence-corrected chi connectivity index (χ4v) is 3.61. The Labute approximate surface area is 141 Å². The van der Waals surface area contributed by atoms with E-state index in [1.165, 1.54) is 5.56 Å². The highest BCUT2D eigenvalue weighted by Crippen LogP contribution is 2.39. The van der Waals surface area contributed by atoms with E-state index in [1.807, 2.05) is 12.3 Å². The van der Waals surface area contributed by atoms with Crippen LogP contribution in [-0.2, 0) is 11.2 Å². The molecule has 1 aromatic carbocycles. The van der Waals surface area contributed by atoms with Crippen LogP contribution >= 0.6 is 11.3 Å². The molecule has 2 aromatic rings. The fraction of sp³-hybridized carbons (Fsp3) is 0.444. The number of thiazole rings is 1. The lowest BCUT2D eigenvalue weighted by Crippen LogP contribution is -2.53. The van der Waals surface area contributed by atoms with E-state index in [2.05, 4.69) is 41.5 Å². The molecule has 1 unspecified atom stereocenters. The number of aromatic nitrogens is 1. The number of carbonyl (C=O) groups is 1. The molecule has 0 saturated heterocycles. The molecule has 1 aliphatic carbocycles. The van der Waals surface area contributed by atoms with E-state index in [0.29, 0.717) is 18.9 Å². The van der Waals surface area contributed by atoms with Gasteiger partial charge in [0, 0.05) is 17.5 Å². The van der Waals surface area contributed by atoms with Crippen LogP contribution in [-0.4, -0.2) is 23.0 Å². The normalized spacial score (nSPS) is 16.8. The first-order valence-electron chi connectivity index (χ1n) is 8.03. The molecule has 1 atom stereocenters. The van der Waals surface area contributed by atoms with Gasteiger partial charge in [0.15, 0.2) is 0 Å². The van der Waals surface area contributed by atoms with Gasteiger partial charge in [-0.15, -0.1) is 11.3 Å². The highest BCUT2D eigenvalue weighted by Gasteiger charge is 2.41. The second-order valence-electron chi connectivity index (χ2n) is 6.63. The van der Waals surface area contributed by atoms with Gasteiger partial charge >= 0.3 is 0 Å². The van der Waals surface area contributed by atoms with Crippen molar-refractivity contribution < 1.29 is 4.79 Å². The zero-order valence-electron chi connectivity index (χ0n) is 13.6. The van der Waals surface area contributed by atoms with Gasteiger partial charge < -0.3 is 11.1 Å². The number of nitrogens with one attached hydrogen (secondary N) is 1. The zero-order chi connectivity index (χ0) is 16.4. The molecule has 3 N–H and O–H groups in total. The Hall–Kier alpha value is -1.72. The lowest BCUT2D eigenvalue weighted by Gasteiger charge is -2.29. The summed E-state index contributed by atoms with van der Waals surface area (Å²) in [5.74, 6) is 0.528. The van der Waals surface area contributed by atoms with E-state index >= 15 is 0 Å². The molecule has 3 rings (SSSR count). The lowest BCUT2D eigenvalue weighted by atomic mass is 9.95. The number of nitrogens with two attached hydrogens (primary N) is 1. The monoisotopic (exact) mass is 329 g/mol. The highest BCUT2D eigenvalue weighted by atomic mass is 32.1. The summed E-state index contributed by atoms with van der Waals surface area (Å²) in [5.41, 5.74) is 8.72. The number of rotatable bonds is 6. The summed E-state index contributed by atoms with van der Waals surface area (Å²) in [6.45, 7) is 4.59. The Morgan fingerprint density at radius 3 is 2.70 bits per heavy atom. The van der Waals surface area contributed by atoms with Gasteiger partial charge in [0.25, 0.3) is 0 Å². The molecule has 0 aliphatic heterocycles. The molecule has 0 bridgehead atoms. The van der Waals surface area contributed by atoms with E-state index in [9.17, 15) is 4.79 Å². The maximum absolute atomic E-state index is 12.3. The molecule has 1 aromatic heterocycles. The van der Waals surface area contributed by atoms with Crippen LogP contribution in [0.15, 0.2) is 29.6 Å². The summed E-state index contributed by atoms with van der Waals surface area (Å²) in [6, 6.07) is 8.28. The van der Waals surface area contributed by atoms with Gasteiger partial charge in [-0.3, -0.25) is 4.79 Å². The number of hydrogen-bond donors (Lipinski definition) is 2. The Balaban J connectivity index is 1.64. The molecule has 5 heteroatoms. The van der Waals surface area contributed by atoms with Gasteiger partial charge in [0.05, 0.1) is 17.7 Å². The third-order valence-corrected chi connectivity index (χ3v) is 5.46. The molecule has 23 heavy (non-hydrogen) atoms. The molecule has 1 aliphatic rings. The van der Waals surface area contributed by atoms with Crippen LogP contribution in [0, 0.1) is 12.8 Å². The summed E-state index contributed by atoms with van der Waals surface area (Å²) in [5, 5.41) is 6.03. The van der Waals surface area contributed by atoms with Crippen LogP contribution in [0.2, 0.25) is 0 Å². The van der Waals surface area contributed by atoms with Crippen molar-refractivity contribution in [3.05, 3.63) is 40.9 Å². The molecular weight excluding hydrogens is 306 g/mol. The molecule has 4 nitrogen and oxygen atoms in total. The zero-order valence-corrected chi connectivity index (χ0v) is 14.5. The van der Waals surface area contributed by atoms with Gasteiger partial charge in [0.2, 0.25) is 5.91 Å². The summed E-state index contributed by atoms with van der Waals surface area (Å²) < 4.78 is 0. The Kier molecular flexibility index (Phi) is 4.50. The molecule has 0 radical (unpaired) electrons. The molecule has 1 fully saturated rings. The average molecular weight is 329 g/mol. The Morgan fingerprint density at radius 2 is 2.09 bits per heavy atom. The number of carbonyl (C=O) groups excluding carboxylic acids is 1. The van der Waals surface area contributed by atoms with Crippen LogP contribution in [0.4, 0.5) is 0 Å². The molecule has 1 heterocycles. The smallest absolute Gasteiger partial charge is 0.226 e. The third-order valence-electron chi connectivity index (χ3n) is 4.52. The Bertz CT molecular complexity index is 691. The Morgan fingerprint density at radius 1 is 1.39 bits per heavy atom. The van der Waals surface area contributed by atoms with Crippen molar-refractivity contribution in [2.45, 2.75) is 38.6 Å². The third kappa shape index (κ3) is 3.79. The molecule has 122 valence electrons. The van der Waals surface area contributed by atoms with Crippen molar-refractivity contribution in [2.75, 3.05) is 6.54 Å². The lowest BCUT2D eigenvalue weighted by molar-refractivity contribution is -0.122. The number of amides is 1. The summed E-state index contributed by atoms with van der Waals surface area (Å²) in [4.78, 5) is 16.9. The average Bonchev–Trinajstić information content (AvgIpc) is 3.29. The van der Waals surface area contributed by atoms with Gasteiger partial charge in [-0.2, -0.15) is 0 Å². The van der Waals surface area contributed by atoms with E-state index < -0.39 is 0 Å². The van der Waals surface area contributed by atoms with Crippen LogP contribution in [0.3, 0.4) is 0 Å². The van der Waals surface area contributed by atoms with Crippen molar-refractivity contribution in [2.24, 2.45) is 11.7 Å². The van der Waals surface area contributed by atoms with E-state index in [1.54, 1.807) is 11.3 Å². The minimum absolute atomic E-state index is 0.00519. The van der Waals surface area contributed by atoms with E-state index in [4.69, 9.17) is 5.73 Å². The molecule has 0 spiro atoms. The minimum atomic E-state index is -0.271. The second-order valence-corrected chi connectivity index (χ2v) is 7.49. The van der Waals surface area contributed by atoms with Gasteiger partial charge in [-0.25, -0.2) is 4.98 Å². The molecule has 1 saturated carbocycles. The summed E-state index contributed by atoms with van der Waals surface area (Å²) >= 11 is 1.58. The van der Waals surface area contributed by atoms with Gasteiger partial charge in [-0.05, 0) is 32.6 Å². The first-order valence-corrected chi connectivity index (χ1v) is 8.90. The summed E-state index contributed by atoms with van der Waals surface area (Å²) in [7, 11) is 0.